The van der Waals surface area contributed by atoms with Crippen molar-refractivity contribution >= 4 is 17.3 Å². The quantitative estimate of drug-likeness (QED) is 0.862. The van der Waals surface area contributed by atoms with Crippen molar-refractivity contribution in [1.29, 1.82) is 0 Å². The predicted octanol–water partition coefficient (Wildman–Crippen LogP) is 3.51. The first-order chi connectivity index (χ1) is 12.2. The minimum atomic E-state index is -0.0801. The summed E-state index contributed by atoms with van der Waals surface area (Å²) in [7, 11) is 1.86. The van der Waals surface area contributed by atoms with Gasteiger partial charge >= 0.3 is 0 Å². The Balaban J connectivity index is 1.90. The van der Waals surface area contributed by atoms with Crippen LogP contribution in [0.15, 0.2) is 66.0 Å². The molecule has 2 aromatic carbocycles. The molecule has 0 bridgehead atoms. The van der Waals surface area contributed by atoms with Crippen LogP contribution in [0.4, 0.5) is 5.69 Å². The van der Waals surface area contributed by atoms with Gasteiger partial charge in [-0.05, 0) is 25.0 Å². The Bertz CT molecular complexity index is 864. The molecule has 0 saturated carbocycles. The van der Waals surface area contributed by atoms with E-state index in [0.717, 1.165) is 31.6 Å². The highest BCUT2D eigenvalue weighted by molar-refractivity contribution is 6.27. The number of fused-ring (bicyclic) bond motifs is 1. The zero-order valence-corrected chi connectivity index (χ0v) is 14.2. The fraction of sp³-hybridized carbons (Fsp3) is 0.238. The number of allylic oxidation sites excluding steroid dienone is 2. The second kappa shape index (κ2) is 6.20. The first kappa shape index (κ1) is 15.6. The van der Waals surface area contributed by atoms with Crippen LogP contribution in [-0.4, -0.2) is 36.6 Å². The van der Waals surface area contributed by atoms with E-state index in [9.17, 15) is 9.59 Å². The molecule has 1 fully saturated rings. The maximum atomic E-state index is 13.3. The molecule has 0 radical (unpaired) electrons. The van der Waals surface area contributed by atoms with Crippen LogP contribution in [0.2, 0.25) is 0 Å². The summed E-state index contributed by atoms with van der Waals surface area (Å²) in [6.07, 6.45) is 2.10. The largest absolute Gasteiger partial charge is 0.367 e. The summed E-state index contributed by atoms with van der Waals surface area (Å²) in [5.74, 6) is -0.127. The Kier molecular flexibility index (Phi) is 3.88. The van der Waals surface area contributed by atoms with Crippen molar-refractivity contribution < 1.29 is 9.59 Å². The predicted molar refractivity (Wildman–Crippen MR) is 97.8 cm³/mol. The molecule has 0 aromatic heterocycles. The SMILES string of the molecule is CN(C1=C(N2CCCC2)C(=O)c2ccccc2C1=O)c1ccccc1. The average Bonchev–Trinajstić information content (AvgIpc) is 3.19. The number of para-hydroxylation sites is 1. The minimum absolute atomic E-state index is 0.0464. The molecule has 0 atom stereocenters. The van der Waals surface area contributed by atoms with E-state index >= 15 is 0 Å². The average molecular weight is 332 g/mol. The normalized spacial score (nSPS) is 17.1. The first-order valence-electron chi connectivity index (χ1n) is 8.65. The van der Waals surface area contributed by atoms with Crippen molar-refractivity contribution in [2.45, 2.75) is 12.8 Å². The second-order valence-corrected chi connectivity index (χ2v) is 6.49. The van der Waals surface area contributed by atoms with Crippen molar-refractivity contribution in [3.8, 4) is 0 Å². The Labute approximate surface area is 147 Å². The molecule has 1 aliphatic heterocycles. The van der Waals surface area contributed by atoms with Crippen LogP contribution in [-0.2, 0) is 0 Å². The van der Waals surface area contributed by atoms with Gasteiger partial charge in [-0.25, -0.2) is 0 Å². The molecular weight excluding hydrogens is 312 g/mol. The van der Waals surface area contributed by atoms with E-state index in [1.807, 2.05) is 54.4 Å². The molecule has 4 heteroatoms. The molecule has 0 amide bonds. The van der Waals surface area contributed by atoms with Gasteiger partial charge in [0.2, 0.25) is 11.6 Å². The third-order valence-corrected chi connectivity index (χ3v) is 4.97. The fourth-order valence-corrected chi connectivity index (χ4v) is 3.68. The maximum Gasteiger partial charge on any atom is 0.212 e. The molecule has 0 N–H and O–H groups in total. The molecule has 25 heavy (non-hydrogen) atoms. The minimum Gasteiger partial charge on any atom is -0.367 e. The van der Waals surface area contributed by atoms with Crippen LogP contribution in [0.1, 0.15) is 33.6 Å². The number of carbonyl (C=O) groups excluding carboxylic acids is 2. The number of hydrogen-bond acceptors (Lipinski definition) is 4. The summed E-state index contributed by atoms with van der Waals surface area (Å²) in [6.45, 7) is 1.64. The molecule has 1 aliphatic carbocycles. The summed E-state index contributed by atoms with van der Waals surface area (Å²) in [4.78, 5) is 30.4. The monoisotopic (exact) mass is 332 g/mol. The maximum absolute atomic E-state index is 13.3. The lowest BCUT2D eigenvalue weighted by Gasteiger charge is -2.32. The van der Waals surface area contributed by atoms with Gasteiger partial charge in [-0.1, -0.05) is 42.5 Å². The summed E-state index contributed by atoms with van der Waals surface area (Å²) >= 11 is 0. The van der Waals surface area contributed by atoms with E-state index in [1.54, 1.807) is 12.1 Å². The zero-order valence-electron chi connectivity index (χ0n) is 14.2. The number of benzene rings is 2. The third-order valence-electron chi connectivity index (χ3n) is 4.97. The van der Waals surface area contributed by atoms with Crippen molar-refractivity contribution in [3.05, 3.63) is 77.1 Å². The highest BCUT2D eigenvalue weighted by Gasteiger charge is 2.37. The van der Waals surface area contributed by atoms with E-state index in [2.05, 4.69) is 4.90 Å². The summed E-state index contributed by atoms with van der Waals surface area (Å²) in [5.41, 5.74) is 2.94. The molecular formula is C21H20N2O2. The van der Waals surface area contributed by atoms with Crippen molar-refractivity contribution in [1.82, 2.24) is 4.90 Å². The van der Waals surface area contributed by atoms with Crippen LogP contribution < -0.4 is 4.90 Å². The number of anilines is 1. The van der Waals surface area contributed by atoms with Gasteiger partial charge in [0.1, 0.15) is 11.4 Å². The lowest BCUT2D eigenvalue weighted by atomic mass is 9.89. The lowest BCUT2D eigenvalue weighted by molar-refractivity contribution is 0.0945. The molecule has 1 heterocycles. The Hall–Kier alpha value is -2.88. The summed E-state index contributed by atoms with van der Waals surface area (Å²) in [6, 6.07) is 16.8. The van der Waals surface area contributed by atoms with Crippen LogP contribution in [0, 0.1) is 0 Å². The van der Waals surface area contributed by atoms with E-state index in [1.165, 1.54) is 0 Å². The first-order valence-corrected chi connectivity index (χ1v) is 8.65. The number of hydrogen-bond donors (Lipinski definition) is 0. The Morgan fingerprint density at radius 3 is 2.00 bits per heavy atom. The lowest BCUT2D eigenvalue weighted by Crippen LogP contribution is -2.38. The van der Waals surface area contributed by atoms with Gasteiger partial charge < -0.3 is 9.80 Å². The number of nitrogens with zero attached hydrogens (tertiary/aromatic N) is 2. The molecule has 0 unspecified atom stereocenters. The number of Topliss-reactive ketones (excluding diaryl/α,β-unsaturated/α-hetero) is 2. The van der Waals surface area contributed by atoms with Crippen molar-refractivity contribution in [3.63, 3.8) is 0 Å². The molecule has 2 aliphatic rings. The Morgan fingerprint density at radius 2 is 1.36 bits per heavy atom. The highest BCUT2D eigenvalue weighted by atomic mass is 16.1. The van der Waals surface area contributed by atoms with Crippen LogP contribution in [0.5, 0.6) is 0 Å². The number of rotatable bonds is 3. The second-order valence-electron chi connectivity index (χ2n) is 6.49. The molecule has 0 spiro atoms. The van der Waals surface area contributed by atoms with Gasteiger partial charge in [0.15, 0.2) is 0 Å². The third kappa shape index (κ3) is 2.54. The molecule has 2 aromatic rings. The van der Waals surface area contributed by atoms with Crippen LogP contribution >= 0.6 is 0 Å². The van der Waals surface area contributed by atoms with Gasteiger partial charge in [-0.15, -0.1) is 0 Å². The smallest absolute Gasteiger partial charge is 0.212 e. The number of likely N-dealkylation sites (N-methyl/N-ethyl adjacent to an activating group) is 1. The van der Waals surface area contributed by atoms with Crippen molar-refractivity contribution in [2.24, 2.45) is 0 Å². The Morgan fingerprint density at radius 1 is 0.800 bits per heavy atom. The van der Waals surface area contributed by atoms with Gasteiger partial charge in [-0.2, -0.15) is 0 Å². The molecule has 1 saturated heterocycles. The van der Waals surface area contributed by atoms with E-state index < -0.39 is 0 Å². The molecule has 4 nitrogen and oxygen atoms in total. The van der Waals surface area contributed by atoms with E-state index in [-0.39, 0.29) is 11.6 Å². The summed E-state index contributed by atoms with van der Waals surface area (Å²) < 4.78 is 0. The van der Waals surface area contributed by atoms with Gasteiger partial charge in [-0.3, -0.25) is 9.59 Å². The van der Waals surface area contributed by atoms with E-state index in [0.29, 0.717) is 22.5 Å². The van der Waals surface area contributed by atoms with Crippen LogP contribution in [0.3, 0.4) is 0 Å². The highest BCUT2D eigenvalue weighted by Crippen LogP contribution is 2.33. The molecule has 126 valence electrons. The topological polar surface area (TPSA) is 40.6 Å². The number of ketones is 2. The summed E-state index contributed by atoms with van der Waals surface area (Å²) in [5, 5.41) is 0. The van der Waals surface area contributed by atoms with E-state index in [4.69, 9.17) is 0 Å². The van der Waals surface area contributed by atoms with Gasteiger partial charge in [0, 0.05) is 37.0 Å². The van der Waals surface area contributed by atoms with Gasteiger partial charge in [0.25, 0.3) is 0 Å². The number of likely N-dealkylation sites (tertiary alicyclic amines) is 1. The van der Waals surface area contributed by atoms with Gasteiger partial charge in [0.05, 0.1) is 0 Å². The van der Waals surface area contributed by atoms with Crippen molar-refractivity contribution in [2.75, 3.05) is 25.0 Å². The van der Waals surface area contributed by atoms with Crippen LogP contribution in [0.25, 0.3) is 0 Å². The number of carbonyl (C=O) groups is 2. The zero-order chi connectivity index (χ0) is 17.4. The fourth-order valence-electron chi connectivity index (χ4n) is 3.68. The standard InChI is InChI=1S/C21H20N2O2/c1-22(15-9-3-2-4-10-15)18-19(23-13-7-8-14-23)21(25)17-12-6-5-11-16(17)20(18)24/h2-6,9-12H,7-8,13-14H2,1H3. The molecule has 4 rings (SSSR count).